The number of fused-ring (bicyclic) bond motifs is 1. The third-order valence-corrected chi connectivity index (χ3v) is 4.73. The Balaban J connectivity index is 1.52. The fourth-order valence-electron chi connectivity index (χ4n) is 3.49. The lowest BCUT2D eigenvalue weighted by Gasteiger charge is -2.31. The molecule has 1 fully saturated rings. The van der Waals surface area contributed by atoms with Gasteiger partial charge in [0.1, 0.15) is 0 Å². The Hall–Kier alpha value is -2.10. The number of piperidine rings is 1. The third kappa shape index (κ3) is 3.03. The molecule has 0 radical (unpaired) electrons. The van der Waals surface area contributed by atoms with Crippen molar-refractivity contribution in [2.75, 3.05) is 13.1 Å². The maximum absolute atomic E-state index is 6.31. The number of ether oxygens (including phenoxy) is 1. The van der Waals surface area contributed by atoms with E-state index in [9.17, 15) is 0 Å². The summed E-state index contributed by atoms with van der Waals surface area (Å²) in [7, 11) is 0. The molecule has 3 aromatic rings. The highest BCUT2D eigenvalue weighted by atomic mass is 16.5. The number of nitrogens with one attached hydrogen (secondary N) is 1. The zero-order chi connectivity index (χ0) is 15.5. The van der Waals surface area contributed by atoms with Crippen LogP contribution in [-0.2, 0) is 11.3 Å². The van der Waals surface area contributed by atoms with E-state index in [1.54, 1.807) is 6.26 Å². The van der Waals surface area contributed by atoms with E-state index in [0.29, 0.717) is 12.5 Å². The largest absolute Gasteiger partial charge is 0.472 e. The van der Waals surface area contributed by atoms with E-state index in [-0.39, 0.29) is 6.10 Å². The summed E-state index contributed by atoms with van der Waals surface area (Å²) in [4.78, 5) is 0. The van der Waals surface area contributed by atoms with Gasteiger partial charge in [-0.1, -0.05) is 42.5 Å². The van der Waals surface area contributed by atoms with Crippen molar-refractivity contribution < 1.29 is 9.15 Å². The summed E-state index contributed by atoms with van der Waals surface area (Å²) in [6, 6.07) is 16.9. The maximum Gasteiger partial charge on any atom is 0.0938 e. The molecule has 0 amide bonds. The van der Waals surface area contributed by atoms with Crippen LogP contribution in [0.15, 0.2) is 65.5 Å². The summed E-state index contributed by atoms with van der Waals surface area (Å²) in [6.07, 6.45) is 4.86. The van der Waals surface area contributed by atoms with Crippen LogP contribution in [0.3, 0.4) is 0 Å². The van der Waals surface area contributed by atoms with Gasteiger partial charge in [-0.2, -0.15) is 0 Å². The molecule has 0 saturated carbocycles. The summed E-state index contributed by atoms with van der Waals surface area (Å²) in [5.74, 6) is 0.407. The van der Waals surface area contributed by atoms with Gasteiger partial charge in [-0.05, 0) is 40.9 Å². The molecular weight excluding hydrogens is 286 g/mol. The Morgan fingerprint density at radius 1 is 1.09 bits per heavy atom. The average Bonchev–Trinajstić information content (AvgIpc) is 3.14. The molecule has 2 heterocycles. The van der Waals surface area contributed by atoms with Crippen LogP contribution < -0.4 is 5.32 Å². The minimum Gasteiger partial charge on any atom is -0.472 e. The SMILES string of the molecule is c1ccc2c(CO[C@H]3CNCC[C@@H]3c3ccoc3)cccc2c1. The molecule has 23 heavy (non-hydrogen) atoms. The summed E-state index contributed by atoms with van der Waals surface area (Å²) in [5.41, 5.74) is 2.49. The Bertz CT molecular complexity index is 761. The van der Waals surface area contributed by atoms with Gasteiger partial charge in [0, 0.05) is 12.5 Å². The van der Waals surface area contributed by atoms with Crippen molar-refractivity contribution in [1.82, 2.24) is 5.32 Å². The van der Waals surface area contributed by atoms with Gasteiger partial charge in [-0.25, -0.2) is 0 Å². The van der Waals surface area contributed by atoms with E-state index < -0.39 is 0 Å². The molecule has 2 atom stereocenters. The molecule has 1 aliphatic heterocycles. The van der Waals surface area contributed by atoms with E-state index in [4.69, 9.17) is 9.15 Å². The molecule has 1 aromatic heterocycles. The first-order chi connectivity index (χ1) is 11.4. The van der Waals surface area contributed by atoms with Gasteiger partial charge in [-0.3, -0.25) is 0 Å². The Morgan fingerprint density at radius 2 is 2.00 bits per heavy atom. The second-order valence-corrected chi connectivity index (χ2v) is 6.14. The summed E-state index contributed by atoms with van der Waals surface area (Å²) in [5, 5.41) is 5.99. The van der Waals surface area contributed by atoms with Crippen LogP contribution in [0.4, 0.5) is 0 Å². The summed E-state index contributed by atoms with van der Waals surface area (Å²) >= 11 is 0. The summed E-state index contributed by atoms with van der Waals surface area (Å²) < 4.78 is 11.6. The van der Waals surface area contributed by atoms with Crippen molar-refractivity contribution in [3.8, 4) is 0 Å². The first kappa shape index (κ1) is 14.5. The predicted molar refractivity (Wildman–Crippen MR) is 91.5 cm³/mol. The zero-order valence-electron chi connectivity index (χ0n) is 13.1. The normalized spacial score (nSPS) is 21.6. The third-order valence-electron chi connectivity index (χ3n) is 4.73. The van der Waals surface area contributed by atoms with Gasteiger partial charge in [-0.15, -0.1) is 0 Å². The number of hydrogen-bond donors (Lipinski definition) is 1. The van der Waals surface area contributed by atoms with Gasteiger partial charge < -0.3 is 14.5 Å². The highest BCUT2D eigenvalue weighted by Crippen LogP contribution is 2.29. The average molecular weight is 307 g/mol. The standard InChI is InChI=1S/C20H21NO2/c1-2-7-18-15(4-1)5-3-6-16(18)14-23-20-12-21-10-8-19(20)17-9-11-22-13-17/h1-7,9,11,13,19-21H,8,10,12,14H2/t19-,20+/m1/s1. The van der Waals surface area contributed by atoms with Crippen LogP contribution in [0.5, 0.6) is 0 Å². The number of rotatable bonds is 4. The van der Waals surface area contributed by atoms with Crippen molar-refractivity contribution in [3.05, 3.63) is 72.2 Å². The van der Waals surface area contributed by atoms with Crippen LogP contribution in [-0.4, -0.2) is 19.2 Å². The van der Waals surface area contributed by atoms with Crippen LogP contribution in [0.1, 0.15) is 23.5 Å². The molecule has 2 aromatic carbocycles. The highest BCUT2D eigenvalue weighted by Gasteiger charge is 2.27. The molecule has 3 nitrogen and oxygen atoms in total. The highest BCUT2D eigenvalue weighted by molar-refractivity contribution is 5.85. The molecule has 0 unspecified atom stereocenters. The molecule has 1 aliphatic rings. The Labute approximate surface area is 136 Å². The van der Waals surface area contributed by atoms with Crippen LogP contribution >= 0.6 is 0 Å². The van der Waals surface area contributed by atoms with Gasteiger partial charge >= 0.3 is 0 Å². The Morgan fingerprint density at radius 3 is 2.91 bits per heavy atom. The molecule has 118 valence electrons. The van der Waals surface area contributed by atoms with Crippen molar-refractivity contribution in [1.29, 1.82) is 0 Å². The molecule has 3 heteroatoms. The van der Waals surface area contributed by atoms with Crippen molar-refractivity contribution in [2.45, 2.75) is 25.0 Å². The fraction of sp³-hybridized carbons (Fsp3) is 0.300. The topological polar surface area (TPSA) is 34.4 Å². The molecule has 1 N–H and O–H groups in total. The van der Waals surface area contributed by atoms with E-state index >= 15 is 0 Å². The number of furan rings is 1. The smallest absolute Gasteiger partial charge is 0.0938 e. The second kappa shape index (κ2) is 6.57. The first-order valence-corrected chi connectivity index (χ1v) is 8.23. The van der Waals surface area contributed by atoms with E-state index in [1.165, 1.54) is 21.9 Å². The number of hydrogen-bond acceptors (Lipinski definition) is 3. The van der Waals surface area contributed by atoms with Crippen LogP contribution in [0.2, 0.25) is 0 Å². The minimum absolute atomic E-state index is 0.181. The molecule has 0 bridgehead atoms. The van der Waals surface area contributed by atoms with Crippen molar-refractivity contribution in [2.24, 2.45) is 0 Å². The van der Waals surface area contributed by atoms with Gasteiger partial charge in [0.05, 0.1) is 25.2 Å². The second-order valence-electron chi connectivity index (χ2n) is 6.14. The summed E-state index contributed by atoms with van der Waals surface area (Å²) in [6.45, 7) is 2.56. The van der Waals surface area contributed by atoms with Gasteiger partial charge in [0.2, 0.25) is 0 Å². The lowest BCUT2D eigenvalue weighted by Crippen LogP contribution is -2.40. The lowest BCUT2D eigenvalue weighted by molar-refractivity contribution is 0.0110. The first-order valence-electron chi connectivity index (χ1n) is 8.23. The predicted octanol–water partition coefficient (Wildman–Crippen LogP) is 4.10. The van der Waals surface area contributed by atoms with E-state index in [0.717, 1.165) is 19.5 Å². The van der Waals surface area contributed by atoms with Crippen LogP contribution in [0.25, 0.3) is 10.8 Å². The molecule has 0 spiro atoms. The fourth-order valence-corrected chi connectivity index (χ4v) is 3.49. The molecule has 4 rings (SSSR count). The van der Waals surface area contributed by atoms with Gasteiger partial charge in [0.25, 0.3) is 0 Å². The van der Waals surface area contributed by atoms with Crippen LogP contribution in [0, 0.1) is 0 Å². The quantitative estimate of drug-likeness (QED) is 0.788. The van der Waals surface area contributed by atoms with E-state index in [1.807, 2.05) is 6.26 Å². The minimum atomic E-state index is 0.181. The number of benzene rings is 2. The molecule has 1 saturated heterocycles. The zero-order valence-corrected chi connectivity index (χ0v) is 13.1. The molecular formula is C20H21NO2. The van der Waals surface area contributed by atoms with Crippen molar-refractivity contribution >= 4 is 10.8 Å². The van der Waals surface area contributed by atoms with Crippen molar-refractivity contribution in [3.63, 3.8) is 0 Å². The maximum atomic E-state index is 6.31. The van der Waals surface area contributed by atoms with Gasteiger partial charge in [0.15, 0.2) is 0 Å². The monoisotopic (exact) mass is 307 g/mol. The molecule has 0 aliphatic carbocycles. The Kier molecular flexibility index (Phi) is 4.14. The van der Waals surface area contributed by atoms with E-state index in [2.05, 4.69) is 53.8 Å². The lowest BCUT2D eigenvalue weighted by atomic mass is 9.89.